The predicted molar refractivity (Wildman–Crippen MR) is 48.8 cm³/mol. The molecule has 0 radical (unpaired) electrons. The molecule has 0 fully saturated rings. The highest BCUT2D eigenvalue weighted by Crippen LogP contribution is 2.23. The topological polar surface area (TPSA) is 42.2 Å². The number of rotatable bonds is 2. The van der Waals surface area contributed by atoms with Crippen LogP contribution in [0.1, 0.15) is 23.4 Å². The van der Waals surface area contributed by atoms with E-state index in [1.54, 1.807) is 0 Å². The molecule has 1 aromatic rings. The van der Waals surface area contributed by atoms with Crippen molar-refractivity contribution in [3.63, 3.8) is 0 Å². The van der Waals surface area contributed by atoms with Crippen molar-refractivity contribution in [3.8, 4) is 0 Å². The van der Waals surface area contributed by atoms with Crippen molar-refractivity contribution in [1.29, 1.82) is 0 Å². The van der Waals surface area contributed by atoms with Crippen molar-refractivity contribution in [2.75, 3.05) is 0 Å². The van der Waals surface area contributed by atoms with E-state index in [2.05, 4.69) is 10.6 Å². The van der Waals surface area contributed by atoms with Crippen molar-refractivity contribution in [1.82, 2.24) is 4.57 Å². The second-order valence-electron chi connectivity index (χ2n) is 3.59. The predicted octanol–water partition coefficient (Wildman–Crippen LogP) is 1.37. The van der Waals surface area contributed by atoms with Gasteiger partial charge in [-0.15, -0.1) is 0 Å². The van der Waals surface area contributed by atoms with Gasteiger partial charge in [-0.25, -0.2) is 0 Å². The first-order chi connectivity index (χ1) is 6.18. The van der Waals surface area contributed by atoms with E-state index in [4.69, 9.17) is 5.11 Å². The lowest BCUT2D eigenvalue weighted by Gasteiger charge is -2.04. The van der Waals surface area contributed by atoms with Gasteiger partial charge in [0.15, 0.2) is 0 Å². The molecule has 2 heterocycles. The third-order valence-corrected chi connectivity index (χ3v) is 2.64. The molecule has 0 saturated heterocycles. The zero-order valence-corrected chi connectivity index (χ0v) is 7.71. The lowest BCUT2D eigenvalue weighted by Crippen LogP contribution is -2.07. The van der Waals surface area contributed by atoms with E-state index in [9.17, 15) is 4.79 Å². The first-order valence-corrected chi connectivity index (χ1v) is 4.58. The zero-order valence-electron chi connectivity index (χ0n) is 7.71. The Morgan fingerprint density at radius 2 is 2.46 bits per heavy atom. The number of fused-ring (bicyclic) bond motifs is 1. The van der Waals surface area contributed by atoms with Gasteiger partial charge < -0.3 is 9.67 Å². The smallest absolute Gasteiger partial charge is 0.309 e. The Bertz CT molecular complexity index is 352. The third kappa shape index (κ3) is 1.34. The van der Waals surface area contributed by atoms with E-state index < -0.39 is 5.97 Å². The van der Waals surface area contributed by atoms with Crippen LogP contribution in [0.25, 0.3) is 0 Å². The molecule has 2 rings (SSSR count). The van der Waals surface area contributed by atoms with Gasteiger partial charge in [0, 0.05) is 17.9 Å². The monoisotopic (exact) mass is 179 g/mol. The van der Waals surface area contributed by atoms with Crippen LogP contribution in [0.15, 0.2) is 6.07 Å². The molecule has 1 aliphatic heterocycles. The Labute approximate surface area is 77.0 Å². The Morgan fingerprint density at radius 1 is 1.69 bits per heavy atom. The van der Waals surface area contributed by atoms with Crippen molar-refractivity contribution in [2.24, 2.45) is 0 Å². The fourth-order valence-electron chi connectivity index (χ4n) is 2.08. The SMILES string of the molecule is Cc1cc2n(c1CC(=O)O)CCC2. The minimum atomic E-state index is -0.740. The van der Waals surface area contributed by atoms with Crippen LogP contribution in [0.2, 0.25) is 0 Å². The number of carboxylic acid groups (broad SMARTS) is 1. The highest BCUT2D eigenvalue weighted by molar-refractivity contribution is 5.70. The van der Waals surface area contributed by atoms with Gasteiger partial charge in [-0.2, -0.15) is 0 Å². The van der Waals surface area contributed by atoms with E-state index in [1.807, 2.05) is 6.92 Å². The molecule has 0 aliphatic carbocycles. The quantitative estimate of drug-likeness (QED) is 0.745. The summed E-state index contributed by atoms with van der Waals surface area (Å²) in [4.78, 5) is 10.6. The van der Waals surface area contributed by atoms with E-state index >= 15 is 0 Å². The van der Waals surface area contributed by atoms with Crippen molar-refractivity contribution in [2.45, 2.75) is 32.7 Å². The molecule has 0 unspecified atom stereocenters. The van der Waals surface area contributed by atoms with Crippen LogP contribution >= 0.6 is 0 Å². The molecule has 3 nitrogen and oxygen atoms in total. The first kappa shape index (κ1) is 8.35. The minimum Gasteiger partial charge on any atom is -0.481 e. The zero-order chi connectivity index (χ0) is 9.42. The number of hydrogen-bond acceptors (Lipinski definition) is 1. The Morgan fingerprint density at radius 3 is 3.15 bits per heavy atom. The summed E-state index contributed by atoms with van der Waals surface area (Å²) in [6.07, 6.45) is 2.41. The average Bonchev–Trinajstić information content (AvgIpc) is 2.55. The number of aromatic nitrogens is 1. The molecule has 0 saturated carbocycles. The summed E-state index contributed by atoms with van der Waals surface area (Å²) in [7, 11) is 0. The van der Waals surface area contributed by atoms with Gasteiger partial charge in [0.2, 0.25) is 0 Å². The van der Waals surface area contributed by atoms with Crippen LogP contribution in [0.5, 0.6) is 0 Å². The molecule has 1 aromatic heterocycles. The van der Waals surface area contributed by atoms with E-state index in [-0.39, 0.29) is 6.42 Å². The minimum absolute atomic E-state index is 0.159. The normalized spacial score (nSPS) is 14.5. The molecule has 0 bridgehead atoms. The fraction of sp³-hybridized carbons (Fsp3) is 0.500. The summed E-state index contributed by atoms with van der Waals surface area (Å²) in [6, 6.07) is 2.12. The third-order valence-electron chi connectivity index (χ3n) is 2.64. The number of carbonyl (C=O) groups is 1. The molecule has 0 aromatic carbocycles. The maximum atomic E-state index is 10.6. The van der Waals surface area contributed by atoms with E-state index in [1.165, 1.54) is 5.69 Å². The van der Waals surface area contributed by atoms with Gasteiger partial charge in [-0.3, -0.25) is 4.79 Å². The lowest BCUT2D eigenvalue weighted by molar-refractivity contribution is -0.136. The molecule has 70 valence electrons. The maximum absolute atomic E-state index is 10.6. The molecule has 1 aliphatic rings. The number of carboxylic acids is 1. The van der Waals surface area contributed by atoms with Crippen molar-refractivity contribution in [3.05, 3.63) is 23.0 Å². The molecule has 0 atom stereocenters. The van der Waals surface area contributed by atoms with Gasteiger partial charge >= 0.3 is 5.97 Å². The molecule has 0 amide bonds. The van der Waals surface area contributed by atoms with Gasteiger partial charge in [0.1, 0.15) is 0 Å². The highest BCUT2D eigenvalue weighted by Gasteiger charge is 2.18. The van der Waals surface area contributed by atoms with Crippen LogP contribution in [0, 0.1) is 6.92 Å². The van der Waals surface area contributed by atoms with Crippen LogP contribution in [-0.4, -0.2) is 15.6 Å². The average molecular weight is 179 g/mol. The van der Waals surface area contributed by atoms with Gasteiger partial charge in [0.25, 0.3) is 0 Å². The number of hydrogen-bond donors (Lipinski definition) is 1. The summed E-state index contributed by atoms with van der Waals surface area (Å²) >= 11 is 0. The summed E-state index contributed by atoms with van der Waals surface area (Å²) < 4.78 is 2.16. The molecule has 13 heavy (non-hydrogen) atoms. The van der Waals surface area contributed by atoms with Crippen molar-refractivity contribution >= 4 is 5.97 Å². The lowest BCUT2D eigenvalue weighted by atomic mass is 10.2. The maximum Gasteiger partial charge on any atom is 0.309 e. The van der Waals surface area contributed by atoms with Gasteiger partial charge in [-0.05, 0) is 31.4 Å². The Kier molecular flexibility index (Phi) is 1.87. The second kappa shape index (κ2) is 2.91. The van der Waals surface area contributed by atoms with Crippen LogP contribution in [-0.2, 0) is 24.2 Å². The molecule has 3 heteroatoms. The summed E-state index contributed by atoms with van der Waals surface area (Å²) in [6.45, 7) is 2.98. The van der Waals surface area contributed by atoms with Gasteiger partial charge in [0.05, 0.1) is 6.42 Å². The van der Waals surface area contributed by atoms with E-state index in [0.29, 0.717) is 0 Å². The van der Waals surface area contributed by atoms with Gasteiger partial charge in [-0.1, -0.05) is 0 Å². The molecular formula is C10H13NO2. The Hall–Kier alpha value is -1.25. The molecule has 1 N–H and O–H groups in total. The summed E-state index contributed by atoms with van der Waals surface area (Å²) in [5.74, 6) is -0.740. The highest BCUT2D eigenvalue weighted by atomic mass is 16.4. The van der Waals surface area contributed by atoms with Crippen LogP contribution in [0.4, 0.5) is 0 Å². The van der Waals surface area contributed by atoms with Crippen LogP contribution in [0.3, 0.4) is 0 Å². The Balaban J connectivity index is 2.38. The summed E-state index contributed by atoms with van der Waals surface area (Å²) in [5.41, 5.74) is 3.41. The summed E-state index contributed by atoms with van der Waals surface area (Å²) in [5, 5.41) is 8.73. The first-order valence-electron chi connectivity index (χ1n) is 4.58. The number of aliphatic carboxylic acids is 1. The molecular weight excluding hydrogens is 166 g/mol. The number of aryl methyl sites for hydroxylation is 2. The van der Waals surface area contributed by atoms with Crippen molar-refractivity contribution < 1.29 is 9.90 Å². The second-order valence-corrected chi connectivity index (χ2v) is 3.59. The van der Waals surface area contributed by atoms with E-state index in [0.717, 1.165) is 30.6 Å². The molecule has 0 spiro atoms. The largest absolute Gasteiger partial charge is 0.481 e. The van der Waals surface area contributed by atoms with Crippen LogP contribution < -0.4 is 0 Å². The fourth-order valence-corrected chi connectivity index (χ4v) is 2.08. The standard InChI is InChI=1S/C10H13NO2/c1-7-5-8-3-2-4-11(8)9(7)6-10(12)13/h5H,2-4,6H2,1H3,(H,12,13). The number of nitrogens with zero attached hydrogens (tertiary/aromatic N) is 1.